The zero-order valence-corrected chi connectivity index (χ0v) is 12.6. The van der Waals surface area contributed by atoms with Crippen LogP contribution in [0.1, 0.15) is 32.2 Å². The van der Waals surface area contributed by atoms with Crippen LogP contribution >= 0.6 is 11.3 Å². The van der Waals surface area contributed by atoms with Crippen LogP contribution in [0.4, 0.5) is 10.7 Å². The summed E-state index contributed by atoms with van der Waals surface area (Å²) in [4.78, 5) is 13.3. The van der Waals surface area contributed by atoms with Crippen LogP contribution in [0.3, 0.4) is 0 Å². The molecule has 0 fully saturated rings. The molecule has 2 rings (SSSR count). The molecule has 0 unspecified atom stereocenters. The van der Waals surface area contributed by atoms with Crippen LogP contribution in [0.2, 0.25) is 0 Å². The number of rotatable bonds is 2. The maximum atomic E-state index is 12.3. The number of nitrogen functional groups attached to an aromatic ring is 1. The van der Waals surface area contributed by atoms with E-state index in [0.717, 1.165) is 10.4 Å². The van der Waals surface area contributed by atoms with Gasteiger partial charge in [-0.05, 0) is 26.3 Å². The second-order valence-electron chi connectivity index (χ2n) is 4.52. The van der Waals surface area contributed by atoms with Gasteiger partial charge in [-0.2, -0.15) is 10.4 Å². The first-order valence-corrected chi connectivity index (χ1v) is 6.79. The molecule has 2 aromatic heterocycles. The van der Waals surface area contributed by atoms with E-state index in [-0.39, 0.29) is 5.91 Å². The number of nitriles is 1. The third kappa shape index (κ3) is 2.14. The molecule has 0 radical (unpaired) electrons. The van der Waals surface area contributed by atoms with Crippen LogP contribution in [-0.4, -0.2) is 15.7 Å². The Balaban J connectivity index is 2.38. The quantitative estimate of drug-likeness (QED) is 0.884. The Bertz CT molecular complexity index is 735. The Hall–Kier alpha value is -2.33. The van der Waals surface area contributed by atoms with Crippen molar-refractivity contribution in [1.82, 2.24) is 9.78 Å². The van der Waals surface area contributed by atoms with Gasteiger partial charge < -0.3 is 11.1 Å². The highest BCUT2D eigenvalue weighted by Crippen LogP contribution is 2.32. The predicted molar refractivity (Wildman–Crippen MR) is 78.8 cm³/mol. The van der Waals surface area contributed by atoms with Gasteiger partial charge >= 0.3 is 0 Å². The summed E-state index contributed by atoms with van der Waals surface area (Å²) < 4.78 is 1.44. The highest BCUT2D eigenvalue weighted by molar-refractivity contribution is 7.16. The maximum absolute atomic E-state index is 12.3. The monoisotopic (exact) mass is 289 g/mol. The number of hydrogen-bond acceptors (Lipinski definition) is 5. The average molecular weight is 289 g/mol. The molecule has 0 saturated carbocycles. The SMILES string of the molecule is Cc1nn(C)c(C(=O)Nc2sc(C)c(C)c2C#N)c1N. The summed E-state index contributed by atoms with van der Waals surface area (Å²) in [6.45, 7) is 5.52. The highest BCUT2D eigenvalue weighted by atomic mass is 32.1. The third-order valence-electron chi connectivity index (χ3n) is 3.21. The average Bonchev–Trinajstić information content (AvgIpc) is 2.77. The summed E-state index contributed by atoms with van der Waals surface area (Å²) in [6.07, 6.45) is 0. The highest BCUT2D eigenvalue weighted by Gasteiger charge is 2.21. The van der Waals surface area contributed by atoms with Gasteiger partial charge in [-0.1, -0.05) is 0 Å². The Kier molecular flexibility index (Phi) is 3.51. The van der Waals surface area contributed by atoms with Crippen LogP contribution in [0.15, 0.2) is 0 Å². The second-order valence-corrected chi connectivity index (χ2v) is 5.75. The van der Waals surface area contributed by atoms with Crippen molar-refractivity contribution in [2.75, 3.05) is 11.1 Å². The van der Waals surface area contributed by atoms with Gasteiger partial charge in [-0.3, -0.25) is 9.48 Å². The van der Waals surface area contributed by atoms with Gasteiger partial charge in [-0.25, -0.2) is 0 Å². The van der Waals surface area contributed by atoms with Gasteiger partial charge in [-0.15, -0.1) is 11.3 Å². The number of nitrogens with zero attached hydrogens (tertiary/aromatic N) is 3. The van der Waals surface area contributed by atoms with Crippen molar-refractivity contribution < 1.29 is 4.79 Å². The standard InChI is InChI=1S/C13H15N5OS/c1-6-8(3)20-13(9(6)5-14)16-12(19)11-10(15)7(2)17-18(11)4/h15H2,1-4H3,(H,16,19). The summed E-state index contributed by atoms with van der Waals surface area (Å²) >= 11 is 1.38. The molecule has 0 aliphatic carbocycles. The first-order chi connectivity index (χ1) is 9.36. The number of aryl methyl sites for hydroxylation is 3. The third-order valence-corrected chi connectivity index (χ3v) is 4.33. The molecule has 0 atom stereocenters. The van der Waals surface area contributed by atoms with Gasteiger partial charge in [0.1, 0.15) is 16.8 Å². The molecule has 104 valence electrons. The summed E-state index contributed by atoms with van der Waals surface area (Å²) in [5.74, 6) is -0.358. The van der Waals surface area contributed by atoms with Crippen LogP contribution < -0.4 is 11.1 Å². The first-order valence-electron chi connectivity index (χ1n) is 5.97. The van der Waals surface area contributed by atoms with Gasteiger partial charge in [0.2, 0.25) is 0 Å². The Morgan fingerprint density at radius 1 is 1.45 bits per heavy atom. The zero-order chi connectivity index (χ0) is 15.0. The van der Waals surface area contributed by atoms with E-state index in [1.807, 2.05) is 13.8 Å². The summed E-state index contributed by atoms with van der Waals surface area (Å²) in [5, 5.41) is 16.6. The molecule has 20 heavy (non-hydrogen) atoms. The van der Waals surface area contributed by atoms with Crippen molar-refractivity contribution in [2.24, 2.45) is 7.05 Å². The van der Waals surface area contributed by atoms with Crippen LogP contribution in [0, 0.1) is 32.1 Å². The molecule has 0 spiro atoms. The molecular formula is C13H15N5OS. The molecule has 3 N–H and O–H groups in total. The molecule has 0 bridgehead atoms. The smallest absolute Gasteiger partial charge is 0.276 e. The van der Waals surface area contributed by atoms with Crippen molar-refractivity contribution in [3.63, 3.8) is 0 Å². The van der Waals surface area contributed by atoms with Gasteiger partial charge in [0, 0.05) is 11.9 Å². The van der Waals surface area contributed by atoms with E-state index in [2.05, 4.69) is 16.5 Å². The number of nitrogens with one attached hydrogen (secondary N) is 1. The van der Waals surface area contributed by atoms with E-state index in [1.165, 1.54) is 16.0 Å². The fraction of sp³-hybridized carbons (Fsp3) is 0.308. The normalized spacial score (nSPS) is 10.3. The minimum atomic E-state index is -0.358. The fourth-order valence-electron chi connectivity index (χ4n) is 1.96. The Morgan fingerprint density at radius 3 is 2.60 bits per heavy atom. The number of nitrogens with two attached hydrogens (primary N) is 1. The molecular weight excluding hydrogens is 274 g/mol. The van der Waals surface area contributed by atoms with E-state index >= 15 is 0 Å². The number of carbonyl (C=O) groups excluding carboxylic acids is 1. The molecule has 7 heteroatoms. The molecule has 2 aromatic rings. The van der Waals surface area contributed by atoms with Crippen molar-refractivity contribution in [3.8, 4) is 6.07 Å². The van der Waals surface area contributed by atoms with Gasteiger partial charge in [0.15, 0.2) is 0 Å². The lowest BCUT2D eigenvalue weighted by molar-refractivity contribution is 0.101. The molecule has 0 aliphatic rings. The van der Waals surface area contributed by atoms with Crippen molar-refractivity contribution >= 4 is 27.9 Å². The van der Waals surface area contributed by atoms with Crippen LogP contribution in [-0.2, 0) is 7.05 Å². The number of anilines is 2. The van der Waals surface area contributed by atoms with Gasteiger partial charge in [0.25, 0.3) is 5.91 Å². The lowest BCUT2D eigenvalue weighted by Crippen LogP contribution is -2.17. The maximum Gasteiger partial charge on any atom is 0.276 e. The molecule has 0 aliphatic heterocycles. The number of aromatic nitrogens is 2. The molecule has 2 heterocycles. The van der Waals surface area contributed by atoms with Crippen molar-refractivity contribution in [1.29, 1.82) is 5.26 Å². The fourth-order valence-corrected chi connectivity index (χ4v) is 2.96. The zero-order valence-electron chi connectivity index (χ0n) is 11.7. The predicted octanol–water partition coefficient (Wildman–Crippen LogP) is 2.11. The van der Waals surface area contributed by atoms with E-state index in [0.29, 0.717) is 27.6 Å². The minimum Gasteiger partial charge on any atom is -0.395 e. The minimum absolute atomic E-state index is 0.301. The second kappa shape index (κ2) is 4.98. The van der Waals surface area contributed by atoms with Crippen LogP contribution in [0.5, 0.6) is 0 Å². The van der Waals surface area contributed by atoms with Crippen LogP contribution in [0.25, 0.3) is 0 Å². The first kappa shape index (κ1) is 14.1. The van der Waals surface area contributed by atoms with Crippen molar-refractivity contribution in [2.45, 2.75) is 20.8 Å². The Labute approximate surface area is 120 Å². The van der Waals surface area contributed by atoms with E-state index in [9.17, 15) is 10.1 Å². The molecule has 6 nitrogen and oxygen atoms in total. The molecule has 0 saturated heterocycles. The lowest BCUT2D eigenvalue weighted by atomic mass is 10.2. The van der Waals surface area contributed by atoms with E-state index in [4.69, 9.17) is 5.73 Å². The Morgan fingerprint density at radius 2 is 2.10 bits per heavy atom. The summed E-state index contributed by atoms with van der Waals surface area (Å²) in [6, 6.07) is 2.12. The molecule has 1 amide bonds. The largest absolute Gasteiger partial charge is 0.395 e. The van der Waals surface area contributed by atoms with Gasteiger partial charge in [0.05, 0.1) is 16.9 Å². The van der Waals surface area contributed by atoms with E-state index in [1.54, 1.807) is 14.0 Å². The summed E-state index contributed by atoms with van der Waals surface area (Å²) in [7, 11) is 1.66. The topological polar surface area (TPSA) is 96.7 Å². The number of carbonyl (C=O) groups is 1. The van der Waals surface area contributed by atoms with Crippen molar-refractivity contribution in [3.05, 3.63) is 27.4 Å². The lowest BCUT2D eigenvalue weighted by Gasteiger charge is -2.04. The van der Waals surface area contributed by atoms with E-state index < -0.39 is 0 Å². The molecule has 0 aromatic carbocycles. The number of thiophene rings is 1. The summed E-state index contributed by atoms with van der Waals surface area (Å²) in [5.41, 5.74) is 8.51. The number of amides is 1. The number of hydrogen-bond donors (Lipinski definition) is 2.